The van der Waals surface area contributed by atoms with Crippen molar-refractivity contribution in [1.82, 2.24) is 4.98 Å². The average molecular weight is 232 g/mol. The van der Waals surface area contributed by atoms with Crippen molar-refractivity contribution < 1.29 is 14.6 Å². The van der Waals surface area contributed by atoms with Crippen molar-refractivity contribution in [3.8, 4) is 5.88 Å². The molecule has 0 amide bonds. The molecule has 1 N–H and O–H groups in total. The number of aromatic carboxylic acids is 1. The molecule has 0 aliphatic heterocycles. The van der Waals surface area contributed by atoms with Crippen molar-refractivity contribution in [1.29, 1.82) is 0 Å². The lowest BCUT2D eigenvalue weighted by molar-refractivity contribution is 0.0695. The highest BCUT2D eigenvalue weighted by Crippen LogP contribution is 2.25. The maximum Gasteiger partial charge on any atom is 0.337 e. The maximum absolute atomic E-state index is 10.6. The predicted octanol–water partition coefficient (Wildman–Crippen LogP) is 1.55. The van der Waals surface area contributed by atoms with Crippen LogP contribution in [-0.2, 0) is 0 Å². The monoisotopic (exact) mass is 231 g/mol. The number of rotatable bonds is 2. The molecule has 0 saturated carbocycles. The first-order valence-corrected chi connectivity index (χ1v) is 3.88. The Morgan fingerprint density at radius 3 is 2.92 bits per heavy atom. The number of methoxy groups -OCH3 is 1. The van der Waals surface area contributed by atoms with Crippen LogP contribution in [0.4, 0.5) is 0 Å². The zero-order valence-corrected chi connectivity index (χ0v) is 7.83. The van der Waals surface area contributed by atoms with Gasteiger partial charge in [-0.1, -0.05) is 0 Å². The van der Waals surface area contributed by atoms with Crippen LogP contribution in [0.2, 0.25) is 0 Å². The van der Waals surface area contributed by atoms with E-state index in [1.165, 1.54) is 19.4 Å². The highest BCUT2D eigenvalue weighted by atomic mass is 79.9. The van der Waals surface area contributed by atoms with E-state index in [1.807, 2.05) is 0 Å². The van der Waals surface area contributed by atoms with Crippen LogP contribution < -0.4 is 4.74 Å². The summed E-state index contributed by atoms with van der Waals surface area (Å²) in [6.07, 6.45) is 1.38. The van der Waals surface area contributed by atoms with Gasteiger partial charge in [-0.2, -0.15) is 0 Å². The lowest BCUT2D eigenvalue weighted by Gasteiger charge is -2.02. The second-order valence-corrected chi connectivity index (χ2v) is 2.78. The van der Waals surface area contributed by atoms with E-state index in [4.69, 9.17) is 9.84 Å². The molecule has 0 spiro atoms. The fourth-order valence-electron chi connectivity index (χ4n) is 0.732. The number of nitrogens with zero attached hydrogens (tertiary/aromatic N) is 1. The summed E-state index contributed by atoms with van der Waals surface area (Å²) in [5, 5.41) is 8.67. The largest absolute Gasteiger partial charge is 0.480 e. The van der Waals surface area contributed by atoms with Gasteiger partial charge in [0.15, 0.2) is 0 Å². The molecule has 12 heavy (non-hydrogen) atoms. The molecular weight excluding hydrogens is 226 g/mol. The minimum Gasteiger partial charge on any atom is -0.480 e. The summed E-state index contributed by atoms with van der Waals surface area (Å²) in [5.74, 6) is -0.738. The van der Waals surface area contributed by atoms with Crippen molar-refractivity contribution in [2.24, 2.45) is 0 Å². The van der Waals surface area contributed by atoms with Crippen LogP contribution in [0, 0.1) is 0 Å². The minimum absolute atomic E-state index is 0.141. The molecule has 1 heterocycles. The Balaban J connectivity index is 3.23. The van der Waals surface area contributed by atoms with Crippen LogP contribution in [0.25, 0.3) is 0 Å². The van der Waals surface area contributed by atoms with Gasteiger partial charge in [-0.15, -0.1) is 0 Å². The molecule has 0 unspecified atom stereocenters. The number of carboxylic acids is 1. The lowest BCUT2D eigenvalue weighted by atomic mass is 10.3. The predicted molar refractivity (Wildman–Crippen MR) is 45.4 cm³/mol. The molecule has 1 aromatic rings. The number of ether oxygens (including phenoxy) is 1. The van der Waals surface area contributed by atoms with Gasteiger partial charge in [-0.05, 0) is 22.0 Å². The molecule has 0 radical (unpaired) electrons. The molecule has 0 atom stereocenters. The summed E-state index contributed by atoms with van der Waals surface area (Å²) in [6, 6.07) is 1.40. The smallest absolute Gasteiger partial charge is 0.337 e. The molecule has 0 aromatic carbocycles. The third kappa shape index (κ3) is 1.55. The second kappa shape index (κ2) is 3.53. The van der Waals surface area contributed by atoms with E-state index in [0.29, 0.717) is 4.47 Å². The molecule has 4 nitrogen and oxygen atoms in total. The highest BCUT2D eigenvalue weighted by Gasteiger charge is 2.12. The molecule has 0 aliphatic carbocycles. The molecule has 0 aliphatic rings. The molecule has 1 aromatic heterocycles. The minimum atomic E-state index is -1.01. The molecule has 5 heteroatoms. The van der Waals surface area contributed by atoms with Gasteiger partial charge in [0.25, 0.3) is 0 Å². The van der Waals surface area contributed by atoms with Gasteiger partial charge in [-0.25, -0.2) is 9.78 Å². The second-order valence-electron chi connectivity index (χ2n) is 1.99. The van der Waals surface area contributed by atoms with Crippen LogP contribution in [0.5, 0.6) is 5.88 Å². The van der Waals surface area contributed by atoms with Crippen LogP contribution >= 0.6 is 15.9 Å². The highest BCUT2D eigenvalue weighted by molar-refractivity contribution is 9.10. The molecular formula is C7H6BrNO3. The normalized spacial score (nSPS) is 9.50. The summed E-state index contributed by atoms with van der Waals surface area (Å²) < 4.78 is 5.18. The topological polar surface area (TPSA) is 59.4 Å². The third-order valence-electron chi connectivity index (χ3n) is 1.28. The van der Waals surface area contributed by atoms with Gasteiger partial charge >= 0.3 is 5.97 Å². The number of hydrogen-bond donors (Lipinski definition) is 1. The number of hydrogen-bond acceptors (Lipinski definition) is 3. The Labute approximate surface area is 77.3 Å². The summed E-state index contributed by atoms with van der Waals surface area (Å²) in [5.41, 5.74) is 0.141. The number of pyridine rings is 1. The van der Waals surface area contributed by atoms with Crippen LogP contribution in [0.3, 0.4) is 0 Å². The van der Waals surface area contributed by atoms with E-state index >= 15 is 0 Å². The fraction of sp³-hybridized carbons (Fsp3) is 0.143. The van der Waals surface area contributed by atoms with E-state index in [0.717, 1.165) is 0 Å². The van der Waals surface area contributed by atoms with Gasteiger partial charge in [0.1, 0.15) is 0 Å². The van der Waals surface area contributed by atoms with Gasteiger partial charge in [-0.3, -0.25) is 0 Å². The Morgan fingerprint density at radius 1 is 1.75 bits per heavy atom. The van der Waals surface area contributed by atoms with E-state index in [-0.39, 0.29) is 11.4 Å². The van der Waals surface area contributed by atoms with Gasteiger partial charge in [0.2, 0.25) is 5.88 Å². The quantitative estimate of drug-likeness (QED) is 0.840. The molecule has 1 rings (SSSR count). The van der Waals surface area contributed by atoms with E-state index in [1.54, 1.807) is 0 Å². The van der Waals surface area contributed by atoms with Crippen molar-refractivity contribution >= 4 is 21.9 Å². The van der Waals surface area contributed by atoms with E-state index in [2.05, 4.69) is 20.9 Å². The first-order chi connectivity index (χ1) is 5.66. The maximum atomic E-state index is 10.6. The zero-order chi connectivity index (χ0) is 9.14. The number of aromatic nitrogens is 1. The summed E-state index contributed by atoms with van der Waals surface area (Å²) in [6.45, 7) is 0. The molecule has 64 valence electrons. The number of carboxylic acid groups (broad SMARTS) is 1. The summed E-state index contributed by atoms with van der Waals surface area (Å²) in [4.78, 5) is 14.4. The van der Waals surface area contributed by atoms with Crippen molar-refractivity contribution in [3.05, 3.63) is 22.3 Å². The number of carbonyl (C=O) groups is 1. The van der Waals surface area contributed by atoms with Crippen LogP contribution in [0.15, 0.2) is 16.7 Å². The van der Waals surface area contributed by atoms with Crippen LogP contribution in [0.1, 0.15) is 10.4 Å². The first-order valence-electron chi connectivity index (χ1n) is 3.08. The molecule has 0 fully saturated rings. The van der Waals surface area contributed by atoms with Crippen molar-refractivity contribution in [2.45, 2.75) is 0 Å². The Hall–Kier alpha value is -1.10. The molecule has 0 bridgehead atoms. The summed E-state index contributed by atoms with van der Waals surface area (Å²) >= 11 is 3.07. The van der Waals surface area contributed by atoms with Gasteiger partial charge < -0.3 is 9.84 Å². The van der Waals surface area contributed by atoms with E-state index < -0.39 is 5.97 Å². The van der Waals surface area contributed by atoms with Crippen molar-refractivity contribution in [2.75, 3.05) is 7.11 Å². The lowest BCUT2D eigenvalue weighted by Crippen LogP contribution is -2.00. The fourth-order valence-corrected chi connectivity index (χ4v) is 1.30. The molecule has 0 saturated heterocycles. The third-order valence-corrected chi connectivity index (χ3v) is 2.05. The average Bonchev–Trinajstić information content (AvgIpc) is 2.04. The Bertz CT molecular complexity index is 314. The first kappa shape index (κ1) is 8.99. The summed E-state index contributed by atoms with van der Waals surface area (Å²) in [7, 11) is 1.43. The number of halogens is 1. The standard InChI is InChI=1S/C7H6BrNO3/c1-12-6-5(8)4(7(10)11)2-3-9-6/h2-3H,1H3,(H,10,11). The zero-order valence-electron chi connectivity index (χ0n) is 6.24. The van der Waals surface area contributed by atoms with E-state index in [9.17, 15) is 4.79 Å². The Morgan fingerprint density at radius 2 is 2.42 bits per heavy atom. The van der Waals surface area contributed by atoms with Gasteiger partial charge in [0.05, 0.1) is 17.1 Å². The SMILES string of the molecule is COc1nccc(C(=O)O)c1Br. The van der Waals surface area contributed by atoms with Crippen molar-refractivity contribution in [3.63, 3.8) is 0 Å². The van der Waals surface area contributed by atoms with Crippen LogP contribution in [-0.4, -0.2) is 23.2 Å². The van der Waals surface area contributed by atoms with Gasteiger partial charge in [0, 0.05) is 6.20 Å². The Kier molecular flexibility index (Phi) is 2.65.